The Morgan fingerprint density at radius 1 is 1.25 bits per heavy atom. The van der Waals surface area contributed by atoms with E-state index in [0.717, 1.165) is 12.1 Å². The Kier molecular flexibility index (Phi) is 3.30. The zero-order valence-electron chi connectivity index (χ0n) is 7.34. The summed E-state index contributed by atoms with van der Waals surface area (Å²) < 4.78 is 0. The summed E-state index contributed by atoms with van der Waals surface area (Å²) in [6, 6.07) is 8.02. The van der Waals surface area contributed by atoms with Gasteiger partial charge in [-0.25, -0.2) is 0 Å². The molecule has 1 aromatic rings. The molecular formula is C10H12ClN. The van der Waals surface area contributed by atoms with Crippen LogP contribution in [-0.2, 0) is 6.54 Å². The van der Waals surface area contributed by atoms with Gasteiger partial charge in [0.05, 0.1) is 6.54 Å². The number of nitrogens with zero attached hydrogens (tertiary/aromatic N) is 1. The lowest BCUT2D eigenvalue weighted by atomic mass is 10.1. The van der Waals surface area contributed by atoms with E-state index in [-0.39, 0.29) is 0 Å². The summed E-state index contributed by atoms with van der Waals surface area (Å²) in [6.07, 6.45) is 0. The van der Waals surface area contributed by atoms with E-state index in [1.165, 1.54) is 5.56 Å². The lowest BCUT2D eigenvalue weighted by Crippen LogP contribution is -1.86. The lowest BCUT2D eigenvalue weighted by molar-refractivity contribution is 1.11. The SMILES string of the molecule is CC.ClC1=NCc2ccccc21. The molecule has 0 N–H and O–H groups in total. The van der Waals surface area contributed by atoms with Gasteiger partial charge in [0.25, 0.3) is 0 Å². The molecule has 0 radical (unpaired) electrons. The molecule has 0 unspecified atom stereocenters. The lowest BCUT2D eigenvalue weighted by Gasteiger charge is -1.93. The van der Waals surface area contributed by atoms with E-state index in [0.29, 0.717) is 5.17 Å². The Hall–Kier alpha value is -0.820. The van der Waals surface area contributed by atoms with Crippen molar-refractivity contribution in [2.75, 3.05) is 0 Å². The fourth-order valence-electron chi connectivity index (χ4n) is 1.10. The molecule has 12 heavy (non-hydrogen) atoms. The standard InChI is InChI=1S/C8H6ClN.C2H6/c9-8-7-4-2-1-3-6(7)5-10-8;1-2/h1-4H,5H2;1-2H3. The van der Waals surface area contributed by atoms with Crippen LogP contribution in [0.2, 0.25) is 0 Å². The van der Waals surface area contributed by atoms with Gasteiger partial charge >= 0.3 is 0 Å². The summed E-state index contributed by atoms with van der Waals surface area (Å²) in [5, 5.41) is 0.649. The minimum Gasteiger partial charge on any atom is -0.268 e. The largest absolute Gasteiger partial charge is 0.268 e. The first-order valence-corrected chi connectivity index (χ1v) is 4.54. The molecular weight excluding hydrogens is 170 g/mol. The number of halogens is 1. The van der Waals surface area contributed by atoms with Crippen LogP contribution in [-0.4, -0.2) is 5.17 Å². The average Bonchev–Trinajstić information content (AvgIpc) is 2.53. The third-order valence-corrected chi connectivity index (χ3v) is 1.95. The maximum atomic E-state index is 5.79. The van der Waals surface area contributed by atoms with Crippen molar-refractivity contribution in [3.8, 4) is 0 Å². The van der Waals surface area contributed by atoms with Crippen LogP contribution in [0.1, 0.15) is 25.0 Å². The van der Waals surface area contributed by atoms with Crippen molar-refractivity contribution in [3.05, 3.63) is 35.4 Å². The molecule has 0 atom stereocenters. The molecule has 2 rings (SSSR count). The molecule has 1 aromatic carbocycles. The number of rotatable bonds is 0. The normalized spacial score (nSPS) is 12.8. The van der Waals surface area contributed by atoms with E-state index in [2.05, 4.69) is 4.99 Å². The van der Waals surface area contributed by atoms with Crippen molar-refractivity contribution in [2.45, 2.75) is 20.4 Å². The molecule has 2 heteroatoms. The molecule has 0 amide bonds. The van der Waals surface area contributed by atoms with Crippen LogP contribution in [0, 0.1) is 0 Å². The summed E-state index contributed by atoms with van der Waals surface area (Å²) in [5.74, 6) is 0. The Morgan fingerprint density at radius 3 is 2.58 bits per heavy atom. The van der Waals surface area contributed by atoms with E-state index in [1.807, 2.05) is 38.1 Å². The van der Waals surface area contributed by atoms with Gasteiger partial charge in [0.2, 0.25) is 0 Å². The molecule has 0 saturated carbocycles. The Morgan fingerprint density at radius 2 is 1.92 bits per heavy atom. The third kappa shape index (κ3) is 1.67. The average molecular weight is 182 g/mol. The summed E-state index contributed by atoms with van der Waals surface area (Å²) >= 11 is 5.79. The molecule has 0 saturated heterocycles. The number of aliphatic imine (C=N–C) groups is 1. The fraction of sp³-hybridized carbons (Fsp3) is 0.300. The van der Waals surface area contributed by atoms with Crippen molar-refractivity contribution in [3.63, 3.8) is 0 Å². The molecule has 0 bridgehead atoms. The zero-order valence-corrected chi connectivity index (χ0v) is 8.10. The highest BCUT2D eigenvalue weighted by molar-refractivity contribution is 6.70. The Labute approximate surface area is 78.1 Å². The Balaban J connectivity index is 0.000000336. The van der Waals surface area contributed by atoms with Crippen molar-refractivity contribution in [1.82, 2.24) is 0 Å². The first-order valence-electron chi connectivity index (χ1n) is 4.16. The molecule has 0 fully saturated rings. The first-order chi connectivity index (χ1) is 5.88. The van der Waals surface area contributed by atoms with Gasteiger partial charge in [-0.2, -0.15) is 0 Å². The highest BCUT2D eigenvalue weighted by Crippen LogP contribution is 2.19. The molecule has 1 aliphatic rings. The maximum Gasteiger partial charge on any atom is 0.131 e. The van der Waals surface area contributed by atoms with Crippen LogP contribution < -0.4 is 0 Å². The molecule has 1 nitrogen and oxygen atoms in total. The van der Waals surface area contributed by atoms with Gasteiger partial charge in [0.1, 0.15) is 5.17 Å². The van der Waals surface area contributed by atoms with Gasteiger partial charge < -0.3 is 0 Å². The number of fused-ring (bicyclic) bond motifs is 1. The summed E-state index contributed by atoms with van der Waals surface area (Å²) in [5.41, 5.74) is 2.32. The highest BCUT2D eigenvalue weighted by Gasteiger charge is 2.11. The smallest absolute Gasteiger partial charge is 0.131 e. The van der Waals surface area contributed by atoms with Crippen LogP contribution >= 0.6 is 11.6 Å². The second-order valence-electron chi connectivity index (χ2n) is 2.26. The first kappa shape index (κ1) is 9.27. The second kappa shape index (κ2) is 4.27. The maximum absolute atomic E-state index is 5.79. The van der Waals surface area contributed by atoms with Crippen LogP contribution in [0.25, 0.3) is 0 Å². The Bertz CT molecular complexity index is 292. The van der Waals surface area contributed by atoms with Crippen molar-refractivity contribution >= 4 is 16.8 Å². The predicted molar refractivity (Wildman–Crippen MR) is 53.9 cm³/mol. The molecule has 0 aromatic heterocycles. The molecule has 1 aliphatic heterocycles. The minimum atomic E-state index is 0.649. The summed E-state index contributed by atoms with van der Waals surface area (Å²) in [4.78, 5) is 4.09. The molecule has 1 heterocycles. The van der Waals surface area contributed by atoms with E-state index in [9.17, 15) is 0 Å². The summed E-state index contributed by atoms with van der Waals surface area (Å²) in [7, 11) is 0. The number of hydrogen-bond acceptors (Lipinski definition) is 1. The molecule has 0 aliphatic carbocycles. The van der Waals surface area contributed by atoms with Crippen LogP contribution in [0.4, 0.5) is 0 Å². The third-order valence-electron chi connectivity index (χ3n) is 1.63. The zero-order chi connectivity index (χ0) is 8.97. The van der Waals surface area contributed by atoms with E-state index < -0.39 is 0 Å². The van der Waals surface area contributed by atoms with Crippen molar-refractivity contribution < 1.29 is 0 Å². The number of hydrogen-bond donors (Lipinski definition) is 0. The van der Waals surface area contributed by atoms with Gasteiger partial charge in [-0.3, -0.25) is 4.99 Å². The van der Waals surface area contributed by atoms with Crippen LogP contribution in [0.15, 0.2) is 29.3 Å². The minimum absolute atomic E-state index is 0.649. The second-order valence-corrected chi connectivity index (χ2v) is 2.62. The van der Waals surface area contributed by atoms with Gasteiger partial charge in [-0.05, 0) is 5.56 Å². The monoisotopic (exact) mass is 181 g/mol. The predicted octanol–water partition coefficient (Wildman–Crippen LogP) is 3.21. The highest BCUT2D eigenvalue weighted by atomic mass is 35.5. The topological polar surface area (TPSA) is 12.4 Å². The van der Waals surface area contributed by atoms with Crippen LogP contribution in [0.3, 0.4) is 0 Å². The molecule has 0 spiro atoms. The van der Waals surface area contributed by atoms with Gasteiger partial charge in [0.15, 0.2) is 0 Å². The van der Waals surface area contributed by atoms with Crippen LogP contribution in [0.5, 0.6) is 0 Å². The quantitative estimate of drug-likeness (QED) is 0.583. The van der Waals surface area contributed by atoms with Gasteiger partial charge in [0, 0.05) is 5.56 Å². The van der Waals surface area contributed by atoms with E-state index in [1.54, 1.807) is 0 Å². The van der Waals surface area contributed by atoms with Gasteiger partial charge in [-0.15, -0.1) is 0 Å². The fourth-order valence-corrected chi connectivity index (χ4v) is 1.34. The molecule has 64 valence electrons. The van der Waals surface area contributed by atoms with Crippen molar-refractivity contribution in [1.29, 1.82) is 0 Å². The summed E-state index contributed by atoms with van der Waals surface area (Å²) in [6.45, 7) is 4.75. The van der Waals surface area contributed by atoms with Gasteiger partial charge in [-0.1, -0.05) is 49.7 Å². The van der Waals surface area contributed by atoms with Crippen molar-refractivity contribution in [2.24, 2.45) is 4.99 Å². The van der Waals surface area contributed by atoms with E-state index >= 15 is 0 Å². The number of benzene rings is 1. The van der Waals surface area contributed by atoms with E-state index in [4.69, 9.17) is 11.6 Å².